The minimum absolute atomic E-state index is 0.203. The smallest absolute Gasteiger partial charge is 0.151 e. The second-order valence-electron chi connectivity index (χ2n) is 6.06. The van der Waals surface area contributed by atoms with Crippen molar-refractivity contribution >= 4 is 5.82 Å². The zero-order valence-electron chi connectivity index (χ0n) is 13.2. The molecule has 2 aromatic heterocycles. The third-order valence-electron chi connectivity index (χ3n) is 4.44. The topological polar surface area (TPSA) is 49.7 Å². The van der Waals surface area contributed by atoms with E-state index < -0.39 is 5.82 Å². The molecule has 1 saturated heterocycles. The van der Waals surface area contributed by atoms with Crippen LogP contribution >= 0.6 is 0 Å². The van der Waals surface area contributed by atoms with Crippen molar-refractivity contribution in [3.05, 3.63) is 53.9 Å². The van der Waals surface area contributed by atoms with Gasteiger partial charge in [0.2, 0.25) is 0 Å². The molecular weight excluding hydrogens is 312 g/mol. The predicted molar refractivity (Wildman–Crippen MR) is 86.5 cm³/mol. The van der Waals surface area contributed by atoms with Crippen LogP contribution in [0.1, 0.15) is 24.4 Å². The lowest BCUT2D eigenvalue weighted by atomic mass is 10.0. The number of benzene rings is 1. The molecule has 1 aliphatic heterocycles. The maximum atomic E-state index is 14.2. The molecule has 0 amide bonds. The average molecular weight is 329 g/mol. The van der Waals surface area contributed by atoms with Crippen LogP contribution in [-0.2, 0) is 7.05 Å². The first-order valence-electron chi connectivity index (χ1n) is 7.88. The van der Waals surface area contributed by atoms with Gasteiger partial charge in [-0.15, -0.1) is 0 Å². The molecule has 124 valence electrons. The summed E-state index contributed by atoms with van der Waals surface area (Å²) in [5.41, 5.74) is 2.17. The van der Waals surface area contributed by atoms with Crippen molar-refractivity contribution < 1.29 is 8.78 Å². The first kappa shape index (κ1) is 14.9. The van der Waals surface area contributed by atoms with Gasteiger partial charge in [-0.3, -0.25) is 9.78 Å². The summed E-state index contributed by atoms with van der Waals surface area (Å²) in [4.78, 5) is 2.02. The summed E-state index contributed by atoms with van der Waals surface area (Å²) in [6.45, 7) is 0.762. The second kappa shape index (κ2) is 5.74. The highest BCUT2D eigenvalue weighted by Gasteiger charge is 2.30. The molecule has 5 nitrogen and oxygen atoms in total. The standard InChI is InChI=1S/C17H17F2N5/c1-23-10-11(9-20-23)15-8-17(22-21-15)24-6-2-3-16(24)13-7-12(18)4-5-14(13)19/h4-5,7-10,16H,2-3,6H2,1H3,(H,21,22)/t16-/m1/s1. The number of nitrogens with zero attached hydrogens (tertiary/aromatic N) is 4. The number of halogens is 2. The summed E-state index contributed by atoms with van der Waals surface area (Å²) in [6.07, 6.45) is 5.33. The van der Waals surface area contributed by atoms with Gasteiger partial charge in [0, 0.05) is 37.0 Å². The number of hydrogen-bond donors (Lipinski definition) is 1. The van der Waals surface area contributed by atoms with E-state index in [-0.39, 0.29) is 11.9 Å². The van der Waals surface area contributed by atoms with Crippen molar-refractivity contribution in [2.45, 2.75) is 18.9 Å². The lowest BCUT2D eigenvalue weighted by Crippen LogP contribution is -2.23. The molecule has 1 fully saturated rings. The highest BCUT2D eigenvalue weighted by atomic mass is 19.1. The summed E-state index contributed by atoms with van der Waals surface area (Å²) >= 11 is 0. The second-order valence-corrected chi connectivity index (χ2v) is 6.06. The van der Waals surface area contributed by atoms with Crippen LogP contribution in [0.2, 0.25) is 0 Å². The normalized spacial score (nSPS) is 17.6. The third kappa shape index (κ3) is 2.55. The first-order chi connectivity index (χ1) is 11.6. The number of rotatable bonds is 3. The van der Waals surface area contributed by atoms with E-state index in [0.29, 0.717) is 5.56 Å². The molecule has 1 aromatic carbocycles. The minimum atomic E-state index is -0.420. The molecule has 0 unspecified atom stereocenters. The molecule has 24 heavy (non-hydrogen) atoms. The first-order valence-corrected chi connectivity index (χ1v) is 7.88. The zero-order valence-corrected chi connectivity index (χ0v) is 13.2. The molecule has 1 N–H and O–H groups in total. The van der Waals surface area contributed by atoms with Crippen LogP contribution in [0.5, 0.6) is 0 Å². The summed E-state index contributed by atoms with van der Waals surface area (Å²) < 4.78 is 29.4. The predicted octanol–water partition coefficient (Wildman–Crippen LogP) is 3.43. The van der Waals surface area contributed by atoms with Gasteiger partial charge in [0.05, 0.1) is 17.9 Å². The molecule has 0 bridgehead atoms. The summed E-state index contributed by atoms with van der Waals surface area (Å²) in [5, 5.41) is 11.5. The molecule has 0 aliphatic carbocycles. The molecule has 3 heterocycles. The van der Waals surface area contributed by atoms with Gasteiger partial charge in [0.1, 0.15) is 11.6 Å². The van der Waals surface area contributed by atoms with E-state index in [2.05, 4.69) is 15.3 Å². The Morgan fingerprint density at radius 3 is 2.92 bits per heavy atom. The van der Waals surface area contributed by atoms with Crippen LogP contribution < -0.4 is 4.90 Å². The molecule has 1 atom stereocenters. The lowest BCUT2D eigenvalue weighted by molar-refractivity contribution is 0.560. The van der Waals surface area contributed by atoms with Crippen molar-refractivity contribution in [2.75, 3.05) is 11.4 Å². The van der Waals surface area contributed by atoms with Gasteiger partial charge < -0.3 is 4.90 Å². The van der Waals surface area contributed by atoms with E-state index in [1.807, 2.05) is 24.2 Å². The Labute approximate surface area is 137 Å². The van der Waals surface area contributed by atoms with E-state index in [4.69, 9.17) is 0 Å². The maximum Gasteiger partial charge on any atom is 0.151 e. The highest BCUT2D eigenvalue weighted by molar-refractivity contribution is 5.62. The Morgan fingerprint density at radius 2 is 2.12 bits per heavy atom. The SMILES string of the molecule is Cn1cc(-c2cc(N3CCC[C@@H]3c3cc(F)ccc3F)n[nH]2)cn1. The molecule has 3 aromatic rings. The van der Waals surface area contributed by atoms with E-state index in [1.165, 1.54) is 12.1 Å². The van der Waals surface area contributed by atoms with Crippen LogP contribution in [0.15, 0.2) is 36.7 Å². The molecule has 1 aliphatic rings. The van der Waals surface area contributed by atoms with Crippen molar-refractivity contribution in [3.8, 4) is 11.3 Å². The number of aromatic nitrogens is 4. The minimum Gasteiger partial charge on any atom is -0.348 e. The van der Waals surface area contributed by atoms with Crippen LogP contribution in [0.25, 0.3) is 11.3 Å². The van der Waals surface area contributed by atoms with Gasteiger partial charge in [-0.2, -0.15) is 10.2 Å². The Hall–Kier alpha value is -2.70. The number of hydrogen-bond acceptors (Lipinski definition) is 3. The molecule has 0 saturated carbocycles. The van der Waals surface area contributed by atoms with E-state index in [9.17, 15) is 8.78 Å². The van der Waals surface area contributed by atoms with Crippen LogP contribution in [0.3, 0.4) is 0 Å². The molecule has 7 heteroatoms. The zero-order chi connectivity index (χ0) is 16.7. The molecule has 0 spiro atoms. The Morgan fingerprint density at radius 1 is 1.25 bits per heavy atom. The Balaban J connectivity index is 1.66. The summed E-state index contributed by atoms with van der Waals surface area (Å²) in [5.74, 6) is -0.0624. The highest BCUT2D eigenvalue weighted by Crippen LogP contribution is 2.37. The summed E-state index contributed by atoms with van der Waals surface area (Å²) in [7, 11) is 1.85. The largest absolute Gasteiger partial charge is 0.348 e. The van der Waals surface area contributed by atoms with Crippen LogP contribution in [0.4, 0.5) is 14.6 Å². The fourth-order valence-corrected chi connectivity index (χ4v) is 3.30. The molecular formula is C17H17F2N5. The fraction of sp³-hybridized carbons (Fsp3) is 0.294. The number of nitrogens with one attached hydrogen (secondary N) is 1. The van der Waals surface area contributed by atoms with Crippen molar-refractivity contribution in [1.82, 2.24) is 20.0 Å². The van der Waals surface area contributed by atoms with Crippen LogP contribution in [0, 0.1) is 11.6 Å². The van der Waals surface area contributed by atoms with E-state index in [1.54, 1.807) is 10.9 Å². The fourth-order valence-electron chi connectivity index (χ4n) is 3.30. The van der Waals surface area contributed by atoms with Crippen molar-refractivity contribution in [3.63, 3.8) is 0 Å². The number of aryl methyl sites for hydroxylation is 1. The lowest BCUT2D eigenvalue weighted by Gasteiger charge is -2.25. The maximum absolute atomic E-state index is 14.2. The molecule has 0 radical (unpaired) electrons. The van der Waals surface area contributed by atoms with Gasteiger partial charge in [0.15, 0.2) is 5.82 Å². The van der Waals surface area contributed by atoms with E-state index >= 15 is 0 Å². The number of aromatic amines is 1. The summed E-state index contributed by atoms with van der Waals surface area (Å²) in [6, 6.07) is 5.34. The number of anilines is 1. The monoisotopic (exact) mass is 329 g/mol. The van der Waals surface area contributed by atoms with Gasteiger partial charge >= 0.3 is 0 Å². The van der Waals surface area contributed by atoms with Crippen LogP contribution in [-0.4, -0.2) is 26.5 Å². The molecule has 4 rings (SSSR count). The van der Waals surface area contributed by atoms with Gasteiger partial charge in [-0.1, -0.05) is 0 Å². The Kier molecular flexibility index (Phi) is 3.55. The van der Waals surface area contributed by atoms with Gasteiger partial charge in [-0.05, 0) is 31.0 Å². The third-order valence-corrected chi connectivity index (χ3v) is 4.44. The average Bonchev–Trinajstić information content (AvgIpc) is 3.28. The van der Waals surface area contributed by atoms with Gasteiger partial charge in [0.25, 0.3) is 0 Å². The van der Waals surface area contributed by atoms with E-state index in [0.717, 1.165) is 42.5 Å². The quantitative estimate of drug-likeness (QED) is 0.801. The van der Waals surface area contributed by atoms with Crippen molar-refractivity contribution in [1.29, 1.82) is 0 Å². The Bertz CT molecular complexity index is 870. The number of H-pyrrole nitrogens is 1. The van der Waals surface area contributed by atoms with Crippen molar-refractivity contribution in [2.24, 2.45) is 7.05 Å². The van der Waals surface area contributed by atoms with Gasteiger partial charge in [-0.25, -0.2) is 8.78 Å².